The first-order valence-corrected chi connectivity index (χ1v) is 8.15. The number of nitrogens with one attached hydrogen (secondary N) is 1. The molecule has 108 valence electrons. The topological polar surface area (TPSA) is 34.2 Å². The van der Waals surface area contributed by atoms with Crippen LogP contribution in [0, 0.1) is 13.8 Å². The molecular formula is C15H26N2OS. The van der Waals surface area contributed by atoms with E-state index in [2.05, 4.69) is 26.1 Å². The first-order valence-electron chi connectivity index (χ1n) is 7.33. The number of aryl methyl sites for hydroxylation is 2. The summed E-state index contributed by atoms with van der Waals surface area (Å²) in [6.45, 7) is 7.55. The Labute approximate surface area is 120 Å². The van der Waals surface area contributed by atoms with Crippen molar-refractivity contribution in [1.29, 1.82) is 0 Å². The Morgan fingerprint density at radius 1 is 1.47 bits per heavy atom. The number of aromatic nitrogens is 1. The van der Waals surface area contributed by atoms with E-state index in [1.165, 1.54) is 34.8 Å². The van der Waals surface area contributed by atoms with E-state index in [4.69, 9.17) is 9.72 Å². The average molecular weight is 282 g/mol. The van der Waals surface area contributed by atoms with Gasteiger partial charge in [-0.1, -0.05) is 6.92 Å². The summed E-state index contributed by atoms with van der Waals surface area (Å²) in [6, 6.07) is 0. The van der Waals surface area contributed by atoms with E-state index in [1.54, 1.807) is 0 Å². The Bertz CT molecular complexity index is 399. The van der Waals surface area contributed by atoms with Crippen molar-refractivity contribution in [2.45, 2.75) is 64.5 Å². The first kappa shape index (κ1) is 14.9. The highest BCUT2D eigenvalue weighted by molar-refractivity contribution is 7.11. The zero-order valence-electron chi connectivity index (χ0n) is 12.6. The number of thiazole rings is 1. The summed E-state index contributed by atoms with van der Waals surface area (Å²) in [5, 5.41) is 5.04. The van der Waals surface area contributed by atoms with Crippen LogP contribution >= 0.6 is 11.3 Å². The molecule has 2 atom stereocenters. The van der Waals surface area contributed by atoms with Crippen molar-refractivity contribution in [3.63, 3.8) is 0 Å². The first-order chi connectivity index (χ1) is 9.11. The predicted octanol–water partition coefficient (Wildman–Crippen LogP) is 3.54. The van der Waals surface area contributed by atoms with Gasteiger partial charge in [0.05, 0.1) is 17.3 Å². The molecule has 4 heteroatoms. The van der Waals surface area contributed by atoms with Crippen molar-refractivity contribution in [2.24, 2.45) is 0 Å². The Kier molecular flexibility index (Phi) is 4.98. The maximum absolute atomic E-state index is 5.62. The summed E-state index contributed by atoms with van der Waals surface area (Å²) < 4.78 is 5.62. The fourth-order valence-corrected chi connectivity index (χ4v) is 4.02. The number of hydrogen-bond acceptors (Lipinski definition) is 4. The molecule has 1 aromatic heterocycles. The lowest BCUT2D eigenvalue weighted by Gasteiger charge is -2.40. The smallest absolute Gasteiger partial charge is 0.113 e. The second-order valence-corrected chi connectivity index (χ2v) is 6.83. The van der Waals surface area contributed by atoms with E-state index in [1.807, 2.05) is 18.4 Å². The largest absolute Gasteiger partial charge is 0.381 e. The highest BCUT2D eigenvalue weighted by Crippen LogP contribution is 2.40. The Morgan fingerprint density at radius 2 is 2.26 bits per heavy atom. The number of ether oxygens (including phenoxy) is 1. The molecule has 1 aliphatic rings. The summed E-state index contributed by atoms with van der Waals surface area (Å²) >= 11 is 1.85. The number of hydrogen-bond donors (Lipinski definition) is 1. The van der Waals surface area contributed by atoms with Crippen LogP contribution in [0.4, 0.5) is 0 Å². The van der Waals surface area contributed by atoms with Gasteiger partial charge in [-0.3, -0.25) is 0 Å². The Hall–Kier alpha value is -0.450. The van der Waals surface area contributed by atoms with Gasteiger partial charge in [0.1, 0.15) is 5.01 Å². The fourth-order valence-electron chi connectivity index (χ4n) is 2.90. The normalized spacial score (nSPS) is 27.7. The second-order valence-electron chi connectivity index (χ2n) is 5.62. The molecular weight excluding hydrogens is 256 g/mol. The van der Waals surface area contributed by atoms with E-state index >= 15 is 0 Å². The highest BCUT2D eigenvalue weighted by Gasteiger charge is 2.40. The van der Waals surface area contributed by atoms with Gasteiger partial charge in [-0.15, -0.1) is 11.3 Å². The van der Waals surface area contributed by atoms with Crippen LogP contribution in [-0.2, 0) is 10.3 Å². The van der Waals surface area contributed by atoms with Gasteiger partial charge in [0, 0.05) is 12.0 Å². The molecule has 1 aliphatic carbocycles. The van der Waals surface area contributed by atoms with Crippen molar-refractivity contribution in [1.82, 2.24) is 10.3 Å². The molecule has 0 saturated heterocycles. The molecule has 1 N–H and O–H groups in total. The van der Waals surface area contributed by atoms with Gasteiger partial charge in [0.15, 0.2) is 0 Å². The molecule has 1 saturated carbocycles. The van der Waals surface area contributed by atoms with Crippen molar-refractivity contribution < 1.29 is 4.74 Å². The van der Waals surface area contributed by atoms with Crippen molar-refractivity contribution in [3.8, 4) is 0 Å². The third kappa shape index (κ3) is 3.18. The lowest BCUT2D eigenvalue weighted by molar-refractivity contribution is 0.0291. The predicted molar refractivity (Wildman–Crippen MR) is 80.8 cm³/mol. The standard InChI is InChI=1S/C15H26N2OS/c1-5-9-16-15(8-6-7-13(10-15)18-4)14-17-11(2)12(3)19-14/h13,16H,5-10H2,1-4H3. The summed E-state index contributed by atoms with van der Waals surface area (Å²) in [5.74, 6) is 0. The number of nitrogens with zero attached hydrogens (tertiary/aromatic N) is 1. The molecule has 0 amide bonds. The minimum atomic E-state index is 0.0403. The maximum atomic E-state index is 5.62. The van der Waals surface area contributed by atoms with E-state index in [0.29, 0.717) is 6.10 Å². The molecule has 2 rings (SSSR count). The fraction of sp³-hybridized carbons (Fsp3) is 0.800. The van der Waals surface area contributed by atoms with Gasteiger partial charge in [-0.2, -0.15) is 0 Å². The molecule has 0 bridgehead atoms. The molecule has 2 unspecified atom stereocenters. The lowest BCUT2D eigenvalue weighted by atomic mass is 9.80. The van der Waals surface area contributed by atoms with Gasteiger partial charge >= 0.3 is 0 Å². The van der Waals surface area contributed by atoms with Crippen LogP contribution in [0.5, 0.6) is 0 Å². The van der Waals surface area contributed by atoms with Crippen molar-refractivity contribution in [2.75, 3.05) is 13.7 Å². The van der Waals surface area contributed by atoms with Gasteiger partial charge < -0.3 is 10.1 Å². The van der Waals surface area contributed by atoms with Crippen molar-refractivity contribution in [3.05, 3.63) is 15.6 Å². The molecule has 1 fully saturated rings. The zero-order chi connectivity index (χ0) is 13.9. The molecule has 0 spiro atoms. The van der Waals surface area contributed by atoms with Gasteiger partial charge in [-0.05, 0) is 52.5 Å². The van der Waals surface area contributed by atoms with Crippen LogP contribution in [-0.4, -0.2) is 24.7 Å². The molecule has 1 heterocycles. The Balaban J connectivity index is 2.28. The molecule has 19 heavy (non-hydrogen) atoms. The lowest BCUT2D eigenvalue weighted by Crippen LogP contribution is -2.48. The van der Waals surface area contributed by atoms with Gasteiger partial charge in [0.25, 0.3) is 0 Å². The number of methoxy groups -OCH3 is 1. The van der Waals surface area contributed by atoms with E-state index in [-0.39, 0.29) is 5.54 Å². The van der Waals surface area contributed by atoms with Crippen LogP contribution in [0.15, 0.2) is 0 Å². The Morgan fingerprint density at radius 3 is 2.84 bits per heavy atom. The second kappa shape index (κ2) is 6.33. The molecule has 0 aliphatic heterocycles. The van der Waals surface area contributed by atoms with Gasteiger partial charge in [-0.25, -0.2) is 4.98 Å². The maximum Gasteiger partial charge on any atom is 0.113 e. The van der Waals surface area contributed by atoms with Crippen LogP contribution < -0.4 is 5.32 Å². The average Bonchev–Trinajstić information content (AvgIpc) is 2.77. The molecule has 0 aromatic carbocycles. The third-order valence-electron chi connectivity index (χ3n) is 4.19. The van der Waals surface area contributed by atoms with Crippen molar-refractivity contribution >= 4 is 11.3 Å². The SMILES string of the molecule is CCCNC1(c2nc(C)c(C)s2)CCCC(OC)C1. The quantitative estimate of drug-likeness (QED) is 0.897. The minimum Gasteiger partial charge on any atom is -0.381 e. The van der Waals surface area contributed by atoms with Crippen LogP contribution in [0.25, 0.3) is 0 Å². The third-order valence-corrected chi connectivity index (χ3v) is 5.47. The molecule has 3 nitrogen and oxygen atoms in total. The van der Waals surface area contributed by atoms with Crippen LogP contribution in [0.2, 0.25) is 0 Å². The monoisotopic (exact) mass is 282 g/mol. The summed E-state index contributed by atoms with van der Waals surface area (Å²) in [4.78, 5) is 6.17. The number of rotatable bonds is 5. The van der Waals surface area contributed by atoms with Crippen LogP contribution in [0.3, 0.4) is 0 Å². The van der Waals surface area contributed by atoms with E-state index in [0.717, 1.165) is 19.4 Å². The minimum absolute atomic E-state index is 0.0403. The van der Waals surface area contributed by atoms with Gasteiger partial charge in [0.2, 0.25) is 0 Å². The van der Waals surface area contributed by atoms with E-state index < -0.39 is 0 Å². The highest BCUT2D eigenvalue weighted by atomic mass is 32.1. The molecule has 0 radical (unpaired) electrons. The summed E-state index contributed by atoms with van der Waals surface area (Å²) in [5.41, 5.74) is 1.22. The molecule has 1 aromatic rings. The van der Waals surface area contributed by atoms with E-state index in [9.17, 15) is 0 Å². The van der Waals surface area contributed by atoms with Crippen LogP contribution in [0.1, 0.15) is 54.6 Å². The summed E-state index contributed by atoms with van der Waals surface area (Å²) in [7, 11) is 1.83. The zero-order valence-corrected chi connectivity index (χ0v) is 13.4. The summed E-state index contributed by atoms with van der Waals surface area (Å²) in [6.07, 6.45) is 6.14.